The van der Waals surface area contributed by atoms with Crippen molar-refractivity contribution in [3.63, 3.8) is 0 Å². The number of rotatable bonds is 6. The van der Waals surface area contributed by atoms with Crippen molar-refractivity contribution in [3.8, 4) is 0 Å². The number of aromatic nitrogens is 3. The number of primary amides is 1. The summed E-state index contributed by atoms with van der Waals surface area (Å²) in [5, 5.41) is 19.6. The molecule has 1 aromatic heterocycles. The number of hydrogen-bond acceptors (Lipinski definition) is 5. The Hall–Kier alpha value is -1.93. The largest absolute Gasteiger partial charge is 0.394 e. The van der Waals surface area contributed by atoms with Crippen LogP contribution < -0.4 is 11.1 Å². The zero-order chi connectivity index (χ0) is 14.5. The van der Waals surface area contributed by atoms with E-state index in [-0.39, 0.29) is 6.61 Å². The summed E-state index contributed by atoms with van der Waals surface area (Å²) in [7, 11) is 0. The van der Waals surface area contributed by atoms with Gasteiger partial charge in [0.25, 0.3) is 0 Å². The van der Waals surface area contributed by atoms with Crippen LogP contribution in [0.4, 0.5) is 5.69 Å². The van der Waals surface area contributed by atoms with Crippen LogP contribution in [0.1, 0.15) is 11.7 Å². The molecule has 2 aromatic rings. The minimum absolute atomic E-state index is 0.0525. The third-order valence-electron chi connectivity index (χ3n) is 2.60. The fourth-order valence-corrected chi connectivity index (χ4v) is 2.09. The van der Waals surface area contributed by atoms with Gasteiger partial charge in [0.05, 0.1) is 19.3 Å². The number of carbonyl (C=O) groups is 1. The Labute approximate surface area is 123 Å². The van der Waals surface area contributed by atoms with Crippen LogP contribution >= 0.6 is 15.9 Å². The number of aliphatic hydroxyl groups is 1. The lowest BCUT2D eigenvalue weighted by Crippen LogP contribution is -2.28. The Balaban J connectivity index is 2.20. The van der Waals surface area contributed by atoms with Crippen molar-refractivity contribution >= 4 is 27.5 Å². The monoisotopic (exact) mass is 339 g/mol. The fraction of sp³-hybridized carbons (Fsp3) is 0.250. The topological polar surface area (TPSA) is 106 Å². The number of halogens is 1. The zero-order valence-electron chi connectivity index (χ0n) is 10.5. The van der Waals surface area contributed by atoms with Crippen LogP contribution in [0.5, 0.6) is 0 Å². The van der Waals surface area contributed by atoms with Crippen LogP contribution in [0.3, 0.4) is 0 Å². The van der Waals surface area contributed by atoms with Crippen LogP contribution in [0.25, 0.3) is 0 Å². The van der Waals surface area contributed by atoms with Crippen LogP contribution in [0.15, 0.2) is 34.9 Å². The average Bonchev–Trinajstić information content (AvgIpc) is 2.84. The Morgan fingerprint density at radius 2 is 2.35 bits per heavy atom. The molecule has 4 N–H and O–H groups in total. The molecule has 0 bridgehead atoms. The molecular formula is C12H14BrN5O2. The smallest absolute Gasteiger partial charge is 0.246 e. The average molecular weight is 340 g/mol. The molecule has 7 nitrogen and oxygen atoms in total. The summed E-state index contributed by atoms with van der Waals surface area (Å²) in [5.74, 6) is -0.555. The maximum absolute atomic E-state index is 11.6. The fourth-order valence-electron chi connectivity index (χ4n) is 1.69. The molecule has 0 aliphatic heterocycles. The Morgan fingerprint density at radius 3 is 3.00 bits per heavy atom. The van der Waals surface area contributed by atoms with Gasteiger partial charge in [-0.3, -0.25) is 4.79 Å². The lowest BCUT2D eigenvalue weighted by atomic mass is 10.2. The van der Waals surface area contributed by atoms with Gasteiger partial charge in [-0.1, -0.05) is 27.2 Å². The first-order valence-corrected chi connectivity index (χ1v) is 6.72. The predicted octanol–water partition coefficient (Wildman–Crippen LogP) is 0.671. The summed E-state index contributed by atoms with van der Waals surface area (Å²) in [6, 6.07) is 6.58. The van der Waals surface area contributed by atoms with Crippen LogP contribution in [0, 0.1) is 0 Å². The summed E-state index contributed by atoms with van der Waals surface area (Å²) in [4.78, 5) is 11.6. The van der Waals surface area contributed by atoms with E-state index < -0.39 is 11.9 Å². The third kappa shape index (κ3) is 3.55. The molecule has 0 saturated carbocycles. The Morgan fingerprint density at radius 1 is 1.55 bits per heavy atom. The van der Waals surface area contributed by atoms with E-state index in [0.29, 0.717) is 12.2 Å². The number of nitrogens with two attached hydrogens (primary N) is 1. The second-order valence-corrected chi connectivity index (χ2v) is 5.04. The van der Waals surface area contributed by atoms with Crippen molar-refractivity contribution in [3.05, 3.63) is 40.6 Å². The lowest BCUT2D eigenvalue weighted by molar-refractivity contribution is -0.118. The summed E-state index contributed by atoms with van der Waals surface area (Å²) in [5.41, 5.74) is 6.54. The minimum Gasteiger partial charge on any atom is -0.394 e. The second-order valence-electron chi connectivity index (χ2n) is 4.12. The van der Waals surface area contributed by atoms with Gasteiger partial charge in [-0.2, -0.15) is 0 Å². The first-order valence-electron chi connectivity index (χ1n) is 5.92. The quantitative estimate of drug-likeness (QED) is 0.717. The molecule has 1 aromatic carbocycles. The van der Waals surface area contributed by atoms with E-state index >= 15 is 0 Å². The number of amides is 1. The van der Waals surface area contributed by atoms with Gasteiger partial charge in [0, 0.05) is 10.2 Å². The molecule has 0 saturated heterocycles. The van der Waals surface area contributed by atoms with Gasteiger partial charge in [0.1, 0.15) is 5.69 Å². The highest BCUT2D eigenvalue weighted by Crippen LogP contribution is 2.21. The molecule has 0 spiro atoms. The molecule has 0 aliphatic carbocycles. The van der Waals surface area contributed by atoms with Gasteiger partial charge in [-0.25, -0.2) is 4.68 Å². The van der Waals surface area contributed by atoms with Gasteiger partial charge >= 0.3 is 0 Å². The number of nitrogens with one attached hydrogen (secondary N) is 1. The summed E-state index contributed by atoms with van der Waals surface area (Å²) < 4.78 is 2.34. The van der Waals surface area contributed by atoms with E-state index in [1.54, 1.807) is 6.20 Å². The van der Waals surface area contributed by atoms with Crippen molar-refractivity contribution in [2.45, 2.75) is 12.6 Å². The molecule has 1 unspecified atom stereocenters. The number of aliphatic hydroxyl groups excluding tert-OH is 1. The first-order chi connectivity index (χ1) is 9.60. The molecule has 20 heavy (non-hydrogen) atoms. The van der Waals surface area contributed by atoms with Crippen molar-refractivity contribution in [2.75, 3.05) is 11.9 Å². The van der Waals surface area contributed by atoms with Gasteiger partial charge in [0.2, 0.25) is 5.91 Å². The van der Waals surface area contributed by atoms with Gasteiger partial charge in [-0.15, -0.1) is 5.10 Å². The van der Waals surface area contributed by atoms with Crippen molar-refractivity contribution in [2.24, 2.45) is 5.73 Å². The molecule has 8 heteroatoms. The van der Waals surface area contributed by atoms with Gasteiger partial charge in [-0.05, 0) is 18.2 Å². The number of carbonyl (C=O) groups excluding carboxylic acids is 1. The number of benzene rings is 1. The molecule has 0 aliphatic rings. The molecular weight excluding hydrogens is 326 g/mol. The van der Waals surface area contributed by atoms with E-state index in [4.69, 9.17) is 10.8 Å². The second kappa shape index (κ2) is 6.49. The number of nitrogens with zero attached hydrogens (tertiary/aromatic N) is 3. The van der Waals surface area contributed by atoms with Crippen molar-refractivity contribution in [1.29, 1.82) is 0 Å². The van der Waals surface area contributed by atoms with E-state index in [1.807, 2.05) is 24.3 Å². The van der Waals surface area contributed by atoms with E-state index in [1.165, 1.54) is 4.68 Å². The SMILES string of the molecule is NC(=O)C(Nc1cccc(Br)c1)c1cn(CCO)nn1. The van der Waals surface area contributed by atoms with Gasteiger partial charge < -0.3 is 16.2 Å². The van der Waals surface area contributed by atoms with E-state index in [9.17, 15) is 4.79 Å². The summed E-state index contributed by atoms with van der Waals surface area (Å²) in [6.07, 6.45) is 1.58. The maximum Gasteiger partial charge on any atom is 0.246 e. The summed E-state index contributed by atoms with van der Waals surface area (Å²) >= 11 is 3.35. The number of hydrogen-bond donors (Lipinski definition) is 3. The molecule has 106 valence electrons. The van der Waals surface area contributed by atoms with Crippen LogP contribution in [-0.2, 0) is 11.3 Å². The summed E-state index contributed by atoms with van der Waals surface area (Å²) in [6.45, 7) is 0.262. The molecule has 0 radical (unpaired) electrons. The minimum atomic E-state index is -0.781. The zero-order valence-corrected chi connectivity index (χ0v) is 12.1. The highest BCUT2D eigenvalue weighted by Gasteiger charge is 2.21. The molecule has 0 fully saturated rings. The highest BCUT2D eigenvalue weighted by atomic mass is 79.9. The normalized spacial score (nSPS) is 12.1. The van der Waals surface area contributed by atoms with E-state index in [2.05, 4.69) is 31.6 Å². The molecule has 1 atom stereocenters. The first kappa shape index (κ1) is 14.5. The third-order valence-corrected chi connectivity index (χ3v) is 3.09. The predicted molar refractivity (Wildman–Crippen MR) is 76.8 cm³/mol. The molecule has 1 amide bonds. The van der Waals surface area contributed by atoms with Crippen LogP contribution in [-0.4, -0.2) is 32.6 Å². The Bertz CT molecular complexity index is 601. The standard InChI is InChI=1S/C12H14BrN5O2/c13-8-2-1-3-9(6-8)15-11(12(14)20)10-7-18(4-5-19)17-16-10/h1-3,6-7,11,15,19H,4-5H2,(H2,14,20). The van der Waals surface area contributed by atoms with Crippen molar-refractivity contribution in [1.82, 2.24) is 15.0 Å². The molecule has 1 heterocycles. The number of anilines is 1. The molecule has 2 rings (SSSR count). The van der Waals surface area contributed by atoms with E-state index in [0.717, 1.165) is 10.2 Å². The lowest BCUT2D eigenvalue weighted by Gasteiger charge is -2.14. The van der Waals surface area contributed by atoms with Gasteiger partial charge in [0.15, 0.2) is 6.04 Å². The Kier molecular flexibility index (Phi) is 4.70. The van der Waals surface area contributed by atoms with Crippen molar-refractivity contribution < 1.29 is 9.90 Å². The highest BCUT2D eigenvalue weighted by molar-refractivity contribution is 9.10. The maximum atomic E-state index is 11.6. The van der Waals surface area contributed by atoms with Crippen LogP contribution in [0.2, 0.25) is 0 Å².